The lowest BCUT2D eigenvalue weighted by Gasteiger charge is -2.09. The first kappa shape index (κ1) is 14.8. The lowest BCUT2D eigenvalue weighted by atomic mass is 10.1. The van der Waals surface area contributed by atoms with E-state index in [0.29, 0.717) is 6.04 Å². The summed E-state index contributed by atoms with van der Waals surface area (Å²) in [6.45, 7) is 12.5. The normalized spacial score (nSPS) is 11.3. The third kappa shape index (κ3) is 3.48. The van der Waals surface area contributed by atoms with E-state index < -0.39 is 0 Å². The van der Waals surface area contributed by atoms with Gasteiger partial charge in [-0.05, 0) is 26.3 Å². The Bertz CT molecular complexity index is 582. The molecule has 0 fully saturated rings. The lowest BCUT2D eigenvalue weighted by molar-refractivity contribution is 0.584. The van der Waals surface area contributed by atoms with Crippen LogP contribution in [-0.2, 0) is 13.1 Å². The zero-order valence-corrected chi connectivity index (χ0v) is 13.2. The fourth-order valence-electron chi connectivity index (χ4n) is 2.43. The van der Waals surface area contributed by atoms with Crippen molar-refractivity contribution in [3.63, 3.8) is 0 Å². The van der Waals surface area contributed by atoms with Crippen molar-refractivity contribution in [1.29, 1.82) is 0 Å². The Morgan fingerprint density at radius 3 is 2.60 bits per heavy atom. The molecule has 0 aliphatic carbocycles. The van der Waals surface area contributed by atoms with Crippen LogP contribution in [0.25, 0.3) is 0 Å². The SMILES string of the molecule is Cc1cccc(Cn2nc(C)c(CNC(C)C)c2C)c1. The van der Waals surface area contributed by atoms with Crippen LogP contribution in [0.15, 0.2) is 24.3 Å². The van der Waals surface area contributed by atoms with E-state index in [-0.39, 0.29) is 0 Å². The molecule has 1 N–H and O–H groups in total. The van der Waals surface area contributed by atoms with Gasteiger partial charge in [0.2, 0.25) is 0 Å². The second kappa shape index (κ2) is 6.23. The number of aromatic nitrogens is 2. The second-order valence-electron chi connectivity index (χ2n) is 5.83. The van der Waals surface area contributed by atoms with E-state index in [1.54, 1.807) is 0 Å². The maximum Gasteiger partial charge on any atom is 0.0662 e. The van der Waals surface area contributed by atoms with Crippen LogP contribution in [0.1, 0.15) is 41.9 Å². The number of nitrogens with zero attached hydrogens (tertiary/aromatic N) is 2. The lowest BCUT2D eigenvalue weighted by Crippen LogP contribution is -2.22. The predicted molar refractivity (Wildman–Crippen MR) is 84.0 cm³/mol. The summed E-state index contributed by atoms with van der Waals surface area (Å²) in [5, 5.41) is 8.17. The summed E-state index contributed by atoms with van der Waals surface area (Å²) in [6.07, 6.45) is 0. The van der Waals surface area contributed by atoms with Crippen LogP contribution in [0.4, 0.5) is 0 Å². The van der Waals surface area contributed by atoms with E-state index >= 15 is 0 Å². The highest BCUT2D eigenvalue weighted by atomic mass is 15.3. The van der Waals surface area contributed by atoms with E-state index in [1.165, 1.54) is 22.4 Å². The minimum absolute atomic E-state index is 0.494. The Balaban J connectivity index is 2.19. The number of benzene rings is 1. The van der Waals surface area contributed by atoms with E-state index in [0.717, 1.165) is 18.8 Å². The standard InChI is InChI=1S/C17H25N3/c1-12(2)18-10-17-14(4)19-20(15(17)5)11-16-8-6-7-13(3)9-16/h6-9,12,18H,10-11H2,1-5H3. The van der Waals surface area contributed by atoms with Gasteiger partial charge in [0, 0.05) is 23.8 Å². The van der Waals surface area contributed by atoms with Crippen molar-refractivity contribution in [3.05, 3.63) is 52.3 Å². The summed E-state index contributed by atoms with van der Waals surface area (Å²) >= 11 is 0. The fourth-order valence-corrected chi connectivity index (χ4v) is 2.43. The second-order valence-corrected chi connectivity index (χ2v) is 5.83. The number of hydrogen-bond donors (Lipinski definition) is 1. The largest absolute Gasteiger partial charge is 0.310 e. The van der Waals surface area contributed by atoms with Crippen LogP contribution < -0.4 is 5.32 Å². The van der Waals surface area contributed by atoms with Gasteiger partial charge in [-0.15, -0.1) is 0 Å². The van der Waals surface area contributed by atoms with Gasteiger partial charge in [-0.3, -0.25) is 4.68 Å². The van der Waals surface area contributed by atoms with Crippen molar-refractivity contribution < 1.29 is 0 Å². The van der Waals surface area contributed by atoms with Crippen LogP contribution >= 0.6 is 0 Å². The number of rotatable bonds is 5. The molecule has 0 saturated carbocycles. The Morgan fingerprint density at radius 2 is 1.95 bits per heavy atom. The third-order valence-electron chi connectivity index (χ3n) is 3.63. The van der Waals surface area contributed by atoms with Crippen LogP contribution in [0.3, 0.4) is 0 Å². The monoisotopic (exact) mass is 271 g/mol. The van der Waals surface area contributed by atoms with Crippen LogP contribution in [0.5, 0.6) is 0 Å². The predicted octanol–water partition coefficient (Wildman–Crippen LogP) is 3.35. The van der Waals surface area contributed by atoms with Gasteiger partial charge in [0.1, 0.15) is 0 Å². The molecule has 0 aliphatic heterocycles. The summed E-state index contributed by atoms with van der Waals surface area (Å²) in [5.74, 6) is 0. The molecular weight excluding hydrogens is 246 g/mol. The molecule has 3 nitrogen and oxygen atoms in total. The molecule has 1 aromatic heterocycles. The smallest absolute Gasteiger partial charge is 0.0662 e. The van der Waals surface area contributed by atoms with E-state index in [2.05, 4.69) is 74.0 Å². The molecule has 0 amide bonds. The molecule has 0 radical (unpaired) electrons. The van der Waals surface area contributed by atoms with Gasteiger partial charge in [-0.1, -0.05) is 43.7 Å². The number of hydrogen-bond acceptors (Lipinski definition) is 2. The van der Waals surface area contributed by atoms with Crippen molar-refractivity contribution in [2.45, 2.75) is 53.8 Å². The van der Waals surface area contributed by atoms with Gasteiger partial charge in [0.05, 0.1) is 12.2 Å². The number of aryl methyl sites for hydroxylation is 2. The Hall–Kier alpha value is -1.61. The first-order valence-corrected chi connectivity index (χ1v) is 7.29. The summed E-state index contributed by atoms with van der Waals surface area (Å²) in [5.41, 5.74) is 6.32. The molecule has 108 valence electrons. The van der Waals surface area contributed by atoms with Crippen LogP contribution in [-0.4, -0.2) is 15.8 Å². The first-order chi connectivity index (χ1) is 9.47. The van der Waals surface area contributed by atoms with Gasteiger partial charge in [0.15, 0.2) is 0 Å². The molecule has 0 aliphatic rings. The topological polar surface area (TPSA) is 29.9 Å². The summed E-state index contributed by atoms with van der Waals surface area (Å²) in [7, 11) is 0. The molecule has 0 atom stereocenters. The minimum Gasteiger partial charge on any atom is -0.310 e. The van der Waals surface area contributed by atoms with E-state index in [1.807, 2.05) is 0 Å². The maximum absolute atomic E-state index is 4.69. The summed E-state index contributed by atoms with van der Waals surface area (Å²) in [6, 6.07) is 9.12. The molecule has 3 heteroatoms. The first-order valence-electron chi connectivity index (χ1n) is 7.29. The molecule has 2 rings (SSSR count). The van der Waals surface area contributed by atoms with Gasteiger partial charge in [-0.25, -0.2) is 0 Å². The molecule has 1 heterocycles. The van der Waals surface area contributed by atoms with Crippen LogP contribution in [0, 0.1) is 20.8 Å². The Labute approximate surface area is 122 Å². The zero-order chi connectivity index (χ0) is 14.7. The van der Waals surface area contributed by atoms with Crippen molar-refractivity contribution in [1.82, 2.24) is 15.1 Å². The average molecular weight is 271 g/mol. The summed E-state index contributed by atoms with van der Waals surface area (Å²) < 4.78 is 2.11. The van der Waals surface area contributed by atoms with Crippen LogP contribution in [0.2, 0.25) is 0 Å². The Kier molecular flexibility index (Phi) is 4.61. The van der Waals surface area contributed by atoms with Gasteiger partial charge in [-0.2, -0.15) is 5.10 Å². The number of nitrogens with one attached hydrogen (secondary N) is 1. The summed E-state index contributed by atoms with van der Waals surface area (Å²) in [4.78, 5) is 0. The molecule has 0 bridgehead atoms. The molecule has 2 aromatic rings. The highest BCUT2D eigenvalue weighted by molar-refractivity contribution is 5.27. The Morgan fingerprint density at radius 1 is 1.20 bits per heavy atom. The van der Waals surface area contributed by atoms with Gasteiger partial charge in [0.25, 0.3) is 0 Å². The third-order valence-corrected chi connectivity index (χ3v) is 3.63. The molecular formula is C17H25N3. The van der Waals surface area contributed by atoms with E-state index in [9.17, 15) is 0 Å². The van der Waals surface area contributed by atoms with Crippen molar-refractivity contribution >= 4 is 0 Å². The highest BCUT2D eigenvalue weighted by Crippen LogP contribution is 2.15. The quantitative estimate of drug-likeness (QED) is 0.903. The van der Waals surface area contributed by atoms with Gasteiger partial charge < -0.3 is 5.32 Å². The van der Waals surface area contributed by atoms with Crippen molar-refractivity contribution in [2.75, 3.05) is 0 Å². The van der Waals surface area contributed by atoms with E-state index in [4.69, 9.17) is 0 Å². The minimum atomic E-state index is 0.494. The van der Waals surface area contributed by atoms with Crippen molar-refractivity contribution in [3.8, 4) is 0 Å². The zero-order valence-electron chi connectivity index (χ0n) is 13.2. The maximum atomic E-state index is 4.69. The molecule has 20 heavy (non-hydrogen) atoms. The van der Waals surface area contributed by atoms with Gasteiger partial charge >= 0.3 is 0 Å². The molecule has 0 saturated heterocycles. The molecule has 0 spiro atoms. The highest BCUT2D eigenvalue weighted by Gasteiger charge is 2.11. The molecule has 1 aromatic carbocycles. The van der Waals surface area contributed by atoms with Crippen molar-refractivity contribution in [2.24, 2.45) is 0 Å². The average Bonchev–Trinajstić information content (AvgIpc) is 2.62. The fraction of sp³-hybridized carbons (Fsp3) is 0.471. The molecule has 0 unspecified atom stereocenters.